The molecule has 1 heterocycles. The molecular formula is C34H55N5O9. The quantitative estimate of drug-likeness (QED) is 0.157. The van der Waals surface area contributed by atoms with Gasteiger partial charge in [-0.2, -0.15) is 0 Å². The summed E-state index contributed by atoms with van der Waals surface area (Å²) < 4.78 is 10.3. The van der Waals surface area contributed by atoms with Gasteiger partial charge in [0, 0.05) is 13.1 Å². The number of carbonyl (C=O) groups is 7. The maximum atomic E-state index is 14.1. The molecule has 0 spiro atoms. The van der Waals surface area contributed by atoms with Gasteiger partial charge >= 0.3 is 18.0 Å². The summed E-state index contributed by atoms with van der Waals surface area (Å²) in [4.78, 5) is 92.5. The zero-order valence-corrected chi connectivity index (χ0v) is 30.1. The van der Waals surface area contributed by atoms with Crippen molar-refractivity contribution >= 4 is 41.5 Å². The van der Waals surface area contributed by atoms with Crippen molar-refractivity contribution in [2.24, 2.45) is 28.6 Å². The molecule has 48 heavy (non-hydrogen) atoms. The number of nitrogens with zero attached hydrogens (tertiary/aromatic N) is 1. The molecule has 3 fully saturated rings. The zero-order valence-electron chi connectivity index (χ0n) is 30.1. The predicted octanol–water partition coefficient (Wildman–Crippen LogP) is 1.84. The van der Waals surface area contributed by atoms with Crippen LogP contribution in [0.25, 0.3) is 0 Å². The highest BCUT2D eigenvalue weighted by Crippen LogP contribution is 2.65. The molecule has 14 nitrogen and oxygen atoms in total. The fourth-order valence-electron chi connectivity index (χ4n) is 6.36. The summed E-state index contributed by atoms with van der Waals surface area (Å²) in [6.45, 7) is 17.8. The number of rotatable bonds is 14. The highest BCUT2D eigenvalue weighted by molar-refractivity contribution is 6.38. The van der Waals surface area contributed by atoms with E-state index in [1.54, 1.807) is 55.4 Å². The fourth-order valence-corrected chi connectivity index (χ4v) is 6.36. The molecule has 0 bridgehead atoms. The summed E-state index contributed by atoms with van der Waals surface area (Å²) in [7, 11) is 0. The molecule has 0 unspecified atom stereocenters. The van der Waals surface area contributed by atoms with Gasteiger partial charge in [0.15, 0.2) is 0 Å². The van der Waals surface area contributed by atoms with Crippen LogP contribution in [0.1, 0.15) is 94.9 Å². The van der Waals surface area contributed by atoms with E-state index in [0.29, 0.717) is 0 Å². The number of amides is 5. The van der Waals surface area contributed by atoms with Gasteiger partial charge in [0.25, 0.3) is 5.91 Å². The maximum Gasteiger partial charge on any atom is 0.325 e. The molecule has 2 saturated carbocycles. The maximum absolute atomic E-state index is 14.1. The van der Waals surface area contributed by atoms with Crippen LogP contribution in [0.3, 0.4) is 0 Å². The molecule has 0 aromatic carbocycles. The van der Waals surface area contributed by atoms with Crippen LogP contribution in [0.2, 0.25) is 0 Å². The lowest BCUT2D eigenvalue weighted by Crippen LogP contribution is -2.61. The summed E-state index contributed by atoms with van der Waals surface area (Å²) in [5.41, 5.74) is -1.68. The van der Waals surface area contributed by atoms with E-state index in [4.69, 9.17) is 9.47 Å². The number of hydrogen-bond acceptors (Lipinski definition) is 9. The Morgan fingerprint density at radius 1 is 0.896 bits per heavy atom. The SMILES string of the molecule is CC(C)OC(=O)CNC(=O)N[C@H](C(=O)N1C[C@H]2[C@@H]([C@H]1C(=O)N[C@@H](CC1CC1)C(=O)C(=O)NCCC(=O)OC(C)(C)C)C2(C)C)C(C)(C)C. The number of urea groups is 1. The van der Waals surface area contributed by atoms with E-state index in [1.807, 2.05) is 13.8 Å². The van der Waals surface area contributed by atoms with E-state index in [1.165, 1.54) is 4.90 Å². The van der Waals surface area contributed by atoms with Crippen LogP contribution in [-0.2, 0) is 38.2 Å². The van der Waals surface area contributed by atoms with E-state index < -0.39 is 70.6 Å². The number of ketones is 1. The lowest BCUT2D eigenvalue weighted by Gasteiger charge is -2.37. The summed E-state index contributed by atoms with van der Waals surface area (Å²) in [5, 5.41) is 10.4. The molecule has 3 aliphatic rings. The Bertz CT molecular complexity index is 1280. The normalized spacial score (nSPS) is 22.5. The van der Waals surface area contributed by atoms with Crippen molar-refractivity contribution in [1.29, 1.82) is 0 Å². The van der Waals surface area contributed by atoms with Crippen molar-refractivity contribution in [3.63, 3.8) is 0 Å². The average molecular weight is 678 g/mol. The van der Waals surface area contributed by atoms with Crippen LogP contribution in [0.5, 0.6) is 0 Å². The molecule has 14 heteroatoms. The lowest BCUT2D eigenvalue weighted by molar-refractivity contribution is -0.155. The molecule has 0 radical (unpaired) electrons. The van der Waals surface area contributed by atoms with Crippen molar-refractivity contribution in [2.45, 2.75) is 125 Å². The number of esters is 2. The number of nitrogens with one attached hydrogen (secondary N) is 4. The second-order valence-corrected chi connectivity index (χ2v) is 16.3. The molecule has 4 N–H and O–H groups in total. The van der Waals surface area contributed by atoms with Crippen LogP contribution in [0.4, 0.5) is 4.79 Å². The minimum absolute atomic E-state index is 0.0335. The molecule has 270 valence electrons. The van der Waals surface area contributed by atoms with E-state index in [2.05, 4.69) is 21.3 Å². The topological polar surface area (TPSA) is 189 Å². The van der Waals surface area contributed by atoms with E-state index in [0.717, 1.165) is 12.8 Å². The first-order valence-electron chi connectivity index (χ1n) is 16.9. The van der Waals surface area contributed by atoms with Crippen LogP contribution in [0, 0.1) is 28.6 Å². The fraction of sp³-hybridized carbons (Fsp3) is 0.794. The van der Waals surface area contributed by atoms with Crippen molar-refractivity contribution in [3.8, 4) is 0 Å². The van der Waals surface area contributed by atoms with Gasteiger partial charge in [0.2, 0.25) is 17.6 Å². The van der Waals surface area contributed by atoms with Crippen molar-refractivity contribution in [3.05, 3.63) is 0 Å². The van der Waals surface area contributed by atoms with Gasteiger partial charge < -0.3 is 35.6 Å². The molecule has 5 amide bonds. The molecular weight excluding hydrogens is 622 g/mol. The van der Waals surface area contributed by atoms with Crippen LogP contribution >= 0.6 is 0 Å². The number of likely N-dealkylation sites (tertiary alicyclic amines) is 1. The van der Waals surface area contributed by atoms with Gasteiger partial charge in [-0.1, -0.05) is 47.5 Å². The molecule has 3 rings (SSSR count). The van der Waals surface area contributed by atoms with Crippen molar-refractivity contribution < 1.29 is 43.0 Å². The number of carbonyl (C=O) groups excluding carboxylic acids is 7. The van der Waals surface area contributed by atoms with Gasteiger partial charge in [0.05, 0.1) is 18.6 Å². The summed E-state index contributed by atoms with van der Waals surface area (Å²) >= 11 is 0. The van der Waals surface area contributed by atoms with E-state index in [-0.39, 0.29) is 61.7 Å². The summed E-state index contributed by atoms with van der Waals surface area (Å²) in [6, 6.07) is -3.80. The first-order chi connectivity index (χ1) is 22.0. The Kier molecular flexibility index (Phi) is 12.0. The largest absolute Gasteiger partial charge is 0.462 e. The highest BCUT2D eigenvalue weighted by atomic mass is 16.6. The summed E-state index contributed by atoms with van der Waals surface area (Å²) in [5.74, 6) is -3.81. The molecule has 5 atom stereocenters. The zero-order chi connectivity index (χ0) is 36.4. The van der Waals surface area contributed by atoms with Crippen molar-refractivity contribution in [2.75, 3.05) is 19.6 Å². The Morgan fingerprint density at radius 2 is 1.52 bits per heavy atom. The third-order valence-corrected chi connectivity index (χ3v) is 9.07. The minimum Gasteiger partial charge on any atom is -0.462 e. The highest BCUT2D eigenvalue weighted by Gasteiger charge is 2.70. The minimum atomic E-state index is -1.10. The van der Waals surface area contributed by atoms with Gasteiger partial charge in [-0.25, -0.2) is 4.79 Å². The second kappa shape index (κ2) is 14.8. The molecule has 1 aliphatic heterocycles. The van der Waals surface area contributed by atoms with Crippen LogP contribution < -0.4 is 21.3 Å². The van der Waals surface area contributed by atoms with Gasteiger partial charge in [-0.15, -0.1) is 0 Å². The Labute approximate surface area is 283 Å². The number of ether oxygens (including phenoxy) is 2. The molecule has 2 aliphatic carbocycles. The first kappa shape index (κ1) is 38.7. The monoisotopic (exact) mass is 677 g/mol. The molecule has 0 aromatic rings. The standard InChI is InChI=1S/C34H55N5O9/c1-18(2)47-23(41)16-36-31(46)38-27(32(3,4)5)30(45)39-17-20-24(34(20,9)10)25(39)28(43)37-21(15-19-11-12-19)26(42)29(44)35-14-13-22(40)48-33(6,7)8/h18-21,24-25,27H,11-17H2,1-10H3,(H,35,44)(H,37,43)(H2,36,38,46)/t20-,21-,24-,25-,27+/m0/s1. The Hall–Kier alpha value is -3.71. The summed E-state index contributed by atoms with van der Waals surface area (Å²) in [6.07, 6.45) is 1.58. The molecule has 0 aromatic heterocycles. The molecule has 1 saturated heterocycles. The van der Waals surface area contributed by atoms with Crippen LogP contribution in [-0.4, -0.2) is 95.8 Å². The third kappa shape index (κ3) is 10.4. The van der Waals surface area contributed by atoms with Gasteiger partial charge in [0.1, 0.15) is 24.2 Å². The average Bonchev–Trinajstić information content (AvgIpc) is 3.79. The first-order valence-corrected chi connectivity index (χ1v) is 16.9. The van der Waals surface area contributed by atoms with E-state index in [9.17, 15) is 33.6 Å². The number of hydrogen-bond donors (Lipinski definition) is 4. The predicted molar refractivity (Wildman–Crippen MR) is 175 cm³/mol. The Balaban J connectivity index is 1.72. The number of fused-ring (bicyclic) bond motifs is 1. The van der Waals surface area contributed by atoms with E-state index >= 15 is 0 Å². The lowest BCUT2D eigenvalue weighted by atomic mass is 9.85. The smallest absolute Gasteiger partial charge is 0.325 e. The number of Topliss-reactive ketones (excluding diaryl/α,β-unsaturated/α-hetero) is 1. The van der Waals surface area contributed by atoms with Gasteiger partial charge in [-0.3, -0.25) is 28.8 Å². The number of piperidine rings is 1. The third-order valence-electron chi connectivity index (χ3n) is 9.07. The van der Waals surface area contributed by atoms with Crippen molar-refractivity contribution in [1.82, 2.24) is 26.2 Å². The second-order valence-electron chi connectivity index (χ2n) is 16.3. The van der Waals surface area contributed by atoms with Gasteiger partial charge in [-0.05, 0) is 69.6 Å². The van der Waals surface area contributed by atoms with Crippen LogP contribution in [0.15, 0.2) is 0 Å². The Morgan fingerprint density at radius 3 is 2.06 bits per heavy atom.